The van der Waals surface area contributed by atoms with E-state index in [2.05, 4.69) is 14.8 Å². The van der Waals surface area contributed by atoms with Gasteiger partial charge in [0.2, 0.25) is 26.0 Å². The first-order valence-electron chi connectivity index (χ1n) is 8.59. The number of anilines is 1. The van der Waals surface area contributed by atoms with E-state index in [0.29, 0.717) is 11.3 Å². The lowest BCUT2D eigenvalue weighted by Gasteiger charge is -2.16. The third-order valence-electron chi connectivity index (χ3n) is 3.84. The van der Waals surface area contributed by atoms with E-state index in [1.807, 2.05) is 0 Å². The lowest BCUT2D eigenvalue weighted by Crippen LogP contribution is -2.32. The van der Waals surface area contributed by atoms with Crippen LogP contribution in [0.1, 0.15) is 24.9 Å². The largest absolute Gasteiger partial charge is 0.350 e. The van der Waals surface area contributed by atoms with E-state index in [1.165, 1.54) is 12.1 Å². The first-order valence-corrected chi connectivity index (χ1v) is 12.3. The Morgan fingerprint density at radius 1 is 1.07 bits per heavy atom. The predicted molar refractivity (Wildman–Crippen MR) is 113 cm³/mol. The fraction of sp³-hybridized carbons (Fsp3) is 0.278. The van der Waals surface area contributed by atoms with Gasteiger partial charge in [0.15, 0.2) is 0 Å². The summed E-state index contributed by atoms with van der Waals surface area (Å²) in [6.45, 7) is 1.65. The lowest BCUT2D eigenvalue weighted by molar-refractivity contribution is -0.121. The first-order chi connectivity index (χ1) is 13.5. The molecule has 2 aromatic carbocycles. The summed E-state index contributed by atoms with van der Waals surface area (Å²) in [7, 11) is -7.22. The van der Waals surface area contributed by atoms with E-state index in [1.54, 1.807) is 43.3 Å². The Balaban J connectivity index is 1.91. The smallest absolute Gasteiger partial charge is 0.242 e. The van der Waals surface area contributed by atoms with Gasteiger partial charge in [-0.15, -0.1) is 0 Å². The predicted octanol–water partition coefficient (Wildman–Crippen LogP) is 2.26. The van der Waals surface area contributed by atoms with Gasteiger partial charge in [0.1, 0.15) is 4.90 Å². The monoisotopic (exact) mass is 459 g/mol. The summed E-state index contributed by atoms with van der Waals surface area (Å²) in [6, 6.07) is 12.3. The van der Waals surface area contributed by atoms with Crippen LogP contribution in [0.5, 0.6) is 0 Å². The van der Waals surface area contributed by atoms with Crippen molar-refractivity contribution in [1.29, 1.82) is 0 Å². The molecule has 3 N–H and O–H groups in total. The minimum absolute atomic E-state index is 0.0503. The number of benzene rings is 2. The molecule has 29 heavy (non-hydrogen) atoms. The Labute approximate surface area is 175 Å². The number of amides is 1. The van der Waals surface area contributed by atoms with Gasteiger partial charge in [0.25, 0.3) is 0 Å². The van der Waals surface area contributed by atoms with E-state index in [-0.39, 0.29) is 28.8 Å². The fourth-order valence-electron chi connectivity index (χ4n) is 2.52. The van der Waals surface area contributed by atoms with Crippen molar-refractivity contribution >= 4 is 43.2 Å². The van der Waals surface area contributed by atoms with Crippen molar-refractivity contribution in [2.75, 3.05) is 17.5 Å². The molecule has 11 heteroatoms. The second-order valence-electron chi connectivity index (χ2n) is 6.37. The van der Waals surface area contributed by atoms with Gasteiger partial charge in [-0.1, -0.05) is 35.9 Å². The quantitative estimate of drug-likeness (QED) is 0.531. The third kappa shape index (κ3) is 7.32. The maximum absolute atomic E-state index is 12.2. The summed E-state index contributed by atoms with van der Waals surface area (Å²) in [5.41, 5.74) is 1.09. The van der Waals surface area contributed by atoms with Crippen LogP contribution in [0.3, 0.4) is 0 Å². The van der Waals surface area contributed by atoms with Gasteiger partial charge in [-0.3, -0.25) is 9.52 Å². The Hall–Kier alpha value is -2.14. The Kier molecular flexibility index (Phi) is 7.64. The van der Waals surface area contributed by atoms with Crippen LogP contribution in [-0.2, 0) is 24.8 Å². The van der Waals surface area contributed by atoms with E-state index < -0.39 is 26.1 Å². The second kappa shape index (κ2) is 9.57. The number of hydrogen-bond acceptors (Lipinski definition) is 5. The number of carbonyl (C=O) groups excluding carboxylic acids is 1. The molecule has 0 spiro atoms. The molecule has 0 saturated heterocycles. The van der Waals surface area contributed by atoms with Crippen LogP contribution >= 0.6 is 11.6 Å². The zero-order valence-corrected chi connectivity index (χ0v) is 18.2. The average Bonchev–Trinajstić information content (AvgIpc) is 2.60. The molecule has 0 aromatic heterocycles. The Bertz CT molecular complexity index is 1090. The van der Waals surface area contributed by atoms with Crippen LogP contribution in [0.15, 0.2) is 53.4 Å². The van der Waals surface area contributed by atoms with E-state index in [9.17, 15) is 21.6 Å². The van der Waals surface area contributed by atoms with Gasteiger partial charge >= 0.3 is 0 Å². The van der Waals surface area contributed by atoms with Crippen LogP contribution in [0, 0.1) is 0 Å². The highest BCUT2D eigenvalue weighted by molar-refractivity contribution is 7.92. The Morgan fingerprint density at radius 2 is 1.76 bits per heavy atom. The molecule has 0 aliphatic rings. The third-order valence-corrected chi connectivity index (χ3v) is 6.41. The minimum Gasteiger partial charge on any atom is -0.350 e. The molecule has 1 atom stereocenters. The van der Waals surface area contributed by atoms with Crippen molar-refractivity contribution in [1.82, 2.24) is 10.0 Å². The number of nitrogens with one attached hydrogen (secondary N) is 3. The number of sulfonamides is 2. The van der Waals surface area contributed by atoms with E-state index >= 15 is 0 Å². The fourth-order valence-corrected chi connectivity index (χ4v) is 4.63. The summed E-state index contributed by atoms with van der Waals surface area (Å²) in [5, 5.41) is 2.84. The summed E-state index contributed by atoms with van der Waals surface area (Å²) < 4.78 is 51.9. The molecular formula is C18H22ClN3O5S2. The highest BCUT2D eigenvalue weighted by Crippen LogP contribution is 2.20. The molecule has 0 heterocycles. The average molecular weight is 460 g/mol. The Morgan fingerprint density at radius 3 is 2.41 bits per heavy atom. The van der Waals surface area contributed by atoms with Crippen LogP contribution in [0.2, 0.25) is 5.02 Å². The number of hydrogen-bond donors (Lipinski definition) is 3. The molecule has 1 unspecified atom stereocenters. The number of halogens is 1. The second-order valence-corrected chi connectivity index (χ2v) is 10.3. The maximum atomic E-state index is 12.2. The normalized spacial score (nSPS) is 12.9. The van der Waals surface area contributed by atoms with Crippen molar-refractivity contribution in [2.24, 2.45) is 0 Å². The number of rotatable bonds is 9. The van der Waals surface area contributed by atoms with Gasteiger partial charge < -0.3 is 5.32 Å². The standard InChI is InChI=1S/C18H22ClN3O5S2/c1-13(14-6-5-7-15(12-14)22-28(2,24)25)21-18(23)10-11-20-29(26,27)17-9-4-3-8-16(17)19/h3-9,12-13,20,22H,10-11H2,1-2H3,(H,21,23). The molecule has 0 aliphatic carbocycles. The molecule has 0 radical (unpaired) electrons. The van der Waals surface area contributed by atoms with Crippen molar-refractivity contribution in [2.45, 2.75) is 24.3 Å². The van der Waals surface area contributed by atoms with Gasteiger partial charge in [-0.25, -0.2) is 21.6 Å². The molecule has 8 nitrogen and oxygen atoms in total. The molecule has 1 amide bonds. The minimum atomic E-state index is -3.82. The molecule has 0 fully saturated rings. The summed E-state index contributed by atoms with van der Waals surface area (Å²) in [4.78, 5) is 12.1. The molecule has 0 bridgehead atoms. The highest BCUT2D eigenvalue weighted by Gasteiger charge is 2.18. The molecule has 158 valence electrons. The maximum Gasteiger partial charge on any atom is 0.242 e. The van der Waals surface area contributed by atoms with Gasteiger partial charge in [0.05, 0.1) is 17.3 Å². The summed E-state index contributed by atoms with van der Waals surface area (Å²) in [6.07, 6.45) is 0.976. The SMILES string of the molecule is CC(NC(=O)CCNS(=O)(=O)c1ccccc1Cl)c1cccc(NS(C)(=O)=O)c1. The van der Waals surface area contributed by atoms with Crippen LogP contribution in [0.4, 0.5) is 5.69 Å². The number of carbonyl (C=O) groups is 1. The van der Waals surface area contributed by atoms with Crippen LogP contribution in [0.25, 0.3) is 0 Å². The lowest BCUT2D eigenvalue weighted by atomic mass is 10.1. The van der Waals surface area contributed by atoms with Gasteiger partial charge in [-0.05, 0) is 36.8 Å². The molecular weight excluding hydrogens is 438 g/mol. The summed E-state index contributed by atoms with van der Waals surface area (Å²) in [5.74, 6) is -0.360. The van der Waals surface area contributed by atoms with E-state index in [4.69, 9.17) is 11.6 Å². The highest BCUT2D eigenvalue weighted by atomic mass is 35.5. The summed E-state index contributed by atoms with van der Waals surface area (Å²) >= 11 is 5.90. The van der Waals surface area contributed by atoms with Gasteiger partial charge in [0, 0.05) is 18.7 Å². The van der Waals surface area contributed by atoms with Crippen LogP contribution < -0.4 is 14.8 Å². The van der Waals surface area contributed by atoms with Gasteiger partial charge in [-0.2, -0.15) is 0 Å². The topological polar surface area (TPSA) is 121 Å². The van der Waals surface area contributed by atoms with E-state index in [0.717, 1.165) is 6.26 Å². The molecule has 2 aromatic rings. The molecule has 2 rings (SSSR count). The first kappa shape index (κ1) is 23.1. The van der Waals surface area contributed by atoms with Crippen molar-refractivity contribution in [3.05, 3.63) is 59.1 Å². The van der Waals surface area contributed by atoms with Crippen LogP contribution in [-0.4, -0.2) is 35.5 Å². The van der Waals surface area contributed by atoms with Crippen molar-refractivity contribution < 1.29 is 21.6 Å². The molecule has 0 aliphatic heterocycles. The van der Waals surface area contributed by atoms with Crippen molar-refractivity contribution in [3.63, 3.8) is 0 Å². The molecule has 0 saturated carbocycles. The zero-order valence-electron chi connectivity index (χ0n) is 15.8. The van der Waals surface area contributed by atoms with Crippen molar-refractivity contribution in [3.8, 4) is 0 Å². The zero-order chi connectivity index (χ0) is 21.7.